The lowest BCUT2D eigenvalue weighted by Crippen LogP contribution is -2.37. The molecule has 0 bridgehead atoms. The maximum atomic E-state index is 13.3. The minimum absolute atomic E-state index is 0.0757. The van der Waals surface area contributed by atoms with E-state index in [2.05, 4.69) is 21.2 Å². The zero-order valence-corrected chi connectivity index (χ0v) is 19.3. The Labute approximate surface area is 189 Å². The van der Waals surface area contributed by atoms with Crippen molar-refractivity contribution >= 4 is 49.1 Å². The predicted octanol–water partition coefficient (Wildman–Crippen LogP) is 5.24. The number of hydrogen-bond acceptors (Lipinski definition) is 3. The summed E-state index contributed by atoms with van der Waals surface area (Å²) in [6, 6.07) is 20.6. The van der Waals surface area contributed by atoms with Crippen LogP contribution in [0.3, 0.4) is 0 Å². The van der Waals surface area contributed by atoms with Crippen molar-refractivity contribution in [2.24, 2.45) is 0 Å². The maximum Gasteiger partial charge on any atom is 0.243 e. The molecule has 1 amide bonds. The van der Waals surface area contributed by atoms with Crippen molar-refractivity contribution in [1.29, 1.82) is 0 Å². The van der Waals surface area contributed by atoms with Gasteiger partial charge in [-0.15, -0.1) is 0 Å². The Bertz CT molecular complexity index is 1140. The summed E-state index contributed by atoms with van der Waals surface area (Å²) in [5.74, 6) is -0.433. The molecule has 0 heterocycles. The fraction of sp³-hybridized carbons (Fsp3) is 0.136. The van der Waals surface area contributed by atoms with Crippen LogP contribution in [0.2, 0.25) is 5.02 Å². The number of carbonyl (C=O) groups excluding carboxylic acids is 1. The molecule has 0 fully saturated rings. The molecule has 0 saturated heterocycles. The molecule has 3 rings (SSSR count). The molecule has 156 valence electrons. The first-order valence-electron chi connectivity index (χ1n) is 9.11. The molecule has 0 aliphatic carbocycles. The summed E-state index contributed by atoms with van der Waals surface area (Å²) in [7, 11) is -3.89. The summed E-state index contributed by atoms with van der Waals surface area (Å²) in [6.45, 7) is 1.57. The van der Waals surface area contributed by atoms with Gasteiger partial charge < -0.3 is 5.32 Å². The molecule has 3 aromatic rings. The molecule has 0 atom stereocenters. The van der Waals surface area contributed by atoms with Crippen LogP contribution in [0.4, 0.5) is 5.69 Å². The van der Waals surface area contributed by atoms with Gasteiger partial charge >= 0.3 is 0 Å². The smallest absolute Gasteiger partial charge is 0.243 e. The summed E-state index contributed by atoms with van der Waals surface area (Å²) in [5, 5.41) is 3.34. The molecule has 0 aliphatic rings. The fourth-order valence-electron chi connectivity index (χ4n) is 2.89. The molecule has 0 aliphatic heterocycles. The van der Waals surface area contributed by atoms with Crippen molar-refractivity contribution in [3.8, 4) is 0 Å². The van der Waals surface area contributed by atoms with Crippen LogP contribution in [0.25, 0.3) is 0 Å². The number of amides is 1. The van der Waals surface area contributed by atoms with Gasteiger partial charge in [0.25, 0.3) is 0 Å². The summed E-state index contributed by atoms with van der Waals surface area (Å²) in [6.07, 6.45) is 0. The lowest BCUT2D eigenvalue weighted by molar-refractivity contribution is -0.116. The highest BCUT2D eigenvalue weighted by Gasteiger charge is 2.27. The van der Waals surface area contributed by atoms with Gasteiger partial charge in [-0.1, -0.05) is 57.9 Å². The van der Waals surface area contributed by atoms with E-state index in [0.717, 1.165) is 15.6 Å². The lowest BCUT2D eigenvalue weighted by Gasteiger charge is -2.22. The monoisotopic (exact) mass is 506 g/mol. The number of hydrogen-bond donors (Lipinski definition) is 1. The molecule has 30 heavy (non-hydrogen) atoms. The average Bonchev–Trinajstić information content (AvgIpc) is 2.71. The van der Waals surface area contributed by atoms with Crippen LogP contribution in [-0.2, 0) is 21.4 Å². The van der Waals surface area contributed by atoms with Crippen LogP contribution >= 0.6 is 27.5 Å². The highest BCUT2D eigenvalue weighted by atomic mass is 79.9. The fourth-order valence-corrected chi connectivity index (χ4v) is 4.76. The van der Waals surface area contributed by atoms with E-state index >= 15 is 0 Å². The third kappa shape index (κ3) is 5.70. The Kier molecular flexibility index (Phi) is 7.31. The summed E-state index contributed by atoms with van der Waals surface area (Å²) < 4.78 is 28.5. The Morgan fingerprint density at radius 1 is 1.03 bits per heavy atom. The number of nitrogens with one attached hydrogen (secondary N) is 1. The summed E-state index contributed by atoms with van der Waals surface area (Å²) >= 11 is 9.27. The molecule has 0 aromatic heterocycles. The number of rotatable bonds is 7. The number of nitrogens with zero attached hydrogens (tertiary/aromatic N) is 1. The first kappa shape index (κ1) is 22.5. The van der Waals surface area contributed by atoms with Crippen LogP contribution < -0.4 is 5.32 Å². The largest absolute Gasteiger partial charge is 0.325 e. The Hall–Kier alpha value is -2.19. The molecular formula is C22H20BrClN2O3S. The Balaban J connectivity index is 1.87. The highest BCUT2D eigenvalue weighted by Crippen LogP contribution is 2.22. The number of halogens is 2. The van der Waals surface area contributed by atoms with Crippen LogP contribution in [0.1, 0.15) is 11.1 Å². The molecule has 5 nitrogen and oxygen atoms in total. The highest BCUT2D eigenvalue weighted by molar-refractivity contribution is 9.10. The quantitative estimate of drug-likeness (QED) is 0.475. The summed E-state index contributed by atoms with van der Waals surface area (Å²) in [5.41, 5.74) is 2.17. The molecule has 0 radical (unpaired) electrons. The van der Waals surface area contributed by atoms with Crippen LogP contribution in [0.15, 0.2) is 82.2 Å². The third-order valence-corrected chi connectivity index (χ3v) is 7.01. The van der Waals surface area contributed by atoms with Crippen molar-refractivity contribution < 1.29 is 13.2 Å². The lowest BCUT2D eigenvalue weighted by atomic mass is 10.2. The topological polar surface area (TPSA) is 66.5 Å². The zero-order valence-electron chi connectivity index (χ0n) is 16.2. The first-order valence-corrected chi connectivity index (χ1v) is 11.7. The van der Waals surface area contributed by atoms with E-state index in [4.69, 9.17) is 11.6 Å². The van der Waals surface area contributed by atoms with Crippen LogP contribution in [0.5, 0.6) is 0 Å². The molecule has 8 heteroatoms. The zero-order chi connectivity index (χ0) is 21.7. The van der Waals surface area contributed by atoms with Gasteiger partial charge in [-0.2, -0.15) is 4.31 Å². The van der Waals surface area contributed by atoms with Crippen molar-refractivity contribution in [1.82, 2.24) is 4.31 Å². The van der Waals surface area contributed by atoms with E-state index in [1.807, 2.05) is 37.3 Å². The van der Waals surface area contributed by atoms with Crippen LogP contribution in [0, 0.1) is 6.92 Å². The molecule has 0 spiro atoms. The summed E-state index contributed by atoms with van der Waals surface area (Å²) in [4.78, 5) is 12.8. The van der Waals surface area contributed by atoms with E-state index in [9.17, 15) is 13.2 Å². The SMILES string of the molecule is Cc1cc(Cl)ccc1NC(=O)CN(Cc1ccccc1)S(=O)(=O)c1ccc(Br)cc1. The van der Waals surface area contributed by atoms with E-state index < -0.39 is 15.9 Å². The van der Waals surface area contributed by atoms with Crippen molar-refractivity contribution in [2.75, 3.05) is 11.9 Å². The minimum Gasteiger partial charge on any atom is -0.325 e. The second-order valence-corrected chi connectivity index (χ2v) is 10.0. The van der Waals surface area contributed by atoms with Gasteiger partial charge in [0, 0.05) is 21.7 Å². The maximum absolute atomic E-state index is 13.3. The molecule has 1 N–H and O–H groups in total. The van der Waals surface area contributed by atoms with E-state index in [-0.39, 0.29) is 18.0 Å². The average molecular weight is 508 g/mol. The van der Waals surface area contributed by atoms with Gasteiger partial charge in [-0.25, -0.2) is 8.42 Å². The van der Waals surface area contributed by atoms with Gasteiger partial charge in [0.1, 0.15) is 0 Å². The number of sulfonamides is 1. The molecule has 0 saturated carbocycles. The normalized spacial score (nSPS) is 11.5. The second kappa shape index (κ2) is 9.75. The predicted molar refractivity (Wildman–Crippen MR) is 123 cm³/mol. The van der Waals surface area contributed by atoms with E-state index in [1.165, 1.54) is 16.4 Å². The number of anilines is 1. The first-order chi connectivity index (χ1) is 14.3. The van der Waals surface area contributed by atoms with Gasteiger partial charge in [0.05, 0.1) is 11.4 Å². The van der Waals surface area contributed by atoms with Gasteiger partial charge in [-0.3, -0.25) is 4.79 Å². The number of benzene rings is 3. The van der Waals surface area contributed by atoms with E-state index in [1.54, 1.807) is 30.3 Å². The van der Waals surface area contributed by atoms with Crippen molar-refractivity contribution in [2.45, 2.75) is 18.4 Å². The van der Waals surface area contributed by atoms with Gasteiger partial charge in [0.2, 0.25) is 15.9 Å². The van der Waals surface area contributed by atoms with Gasteiger partial charge in [0.15, 0.2) is 0 Å². The number of carbonyl (C=O) groups is 1. The van der Waals surface area contributed by atoms with Crippen molar-refractivity contribution in [3.63, 3.8) is 0 Å². The molecular weight excluding hydrogens is 488 g/mol. The second-order valence-electron chi connectivity index (χ2n) is 6.72. The minimum atomic E-state index is -3.89. The van der Waals surface area contributed by atoms with E-state index in [0.29, 0.717) is 10.7 Å². The molecule has 0 unspecified atom stereocenters. The van der Waals surface area contributed by atoms with Crippen LogP contribution in [-0.4, -0.2) is 25.2 Å². The number of aryl methyl sites for hydroxylation is 1. The Morgan fingerprint density at radius 3 is 2.33 bits per heavy atom. The Morgan fingerprint density at radius 2 is 1.70 bits per heavy atom. The molecule has 3 aromatic carbocycles. The van der Waals surface area contributed by atoms with Gasteiger partial charge in [-0.05, 0) is 60.5 Å². The standard InChI is InChI=1S/C22H20BrClN2O3S/c1-16-13-19(24)9-12-21(16)25-22(27)15-26(14-17-5-3-2-4-6-17)30(28,29)20-10-7-18(23)8-11-20/h2-13H,14-15H2,1H3,(H,25,27). The third-order valence-electron chi connectivity index (χ3n) is 4.44. The van der Waals surface area contributed by atoms with Crippen molar-refractivity contribution in [3.05, 3.63) is 93.4 Å².